The van der Waals surface area contributed by atoms with E-state index in [2.05, 4.69) is 10.0 Å². The molecule has 8 nitrogen and oxygen atoms in total. The van der Waals surface area contributed by atoms with E-state index in [-0.39, 0.29) is 26.5 Å². The Kier molecular flexibility index (Phi) is 6.68. The molecule has 0 radical (unpaired) electrons. The SMILES string of the molecule is CC(C)(C)C(=O)NCCc1ccc(S(=O)(=O)Nc2cccc([N+](=O)[O-])c2Cl)s1. The molecule has 0 atom stereocenters. The molecule has 152 valence electrons. The van der Waals surface area contributed by atoms with E-state index in [1.807, 2.05) is 20.8 Å². The van der Waals surface area contributed by atoms with Crippen LogP contribution in [0.2, 0.25) is 5.02 Å². The van der Waals surface area contributed by atoms with Crippen LogP contribution in [-0.2, 0) is 21.2 Å². The Morgan fingerprint density at radius 3 is 2.54 bits per heavy atom. The van der Waals surface area contributed by atoms with Crippen molar-refractivity contribution in [2.75, 3.05) is 11.3 Å². The van der Waals surface area contributed by atoms with E-state index >= 15 is 0 Å². The summed E-state index contributed by atoms with van der Waals surface area (Å²) in [6.45, 7) is 5.81. The number of halogens is 1. The van der Waals surface area contributed by atoms with Gasteiger partial charge >= 0.3 is 0 Å². The number of amides is 1. The smallest absolute Gasteiger partial charge is 0.290 e. The van der Waals surface area contributed by atoms with E-state index in [1.165, 1.54) is 24.3 Å². The third-order valence-electron chi connectivity index (χ3n) is 3.66. The Balaban J connectivity index is 2.09. The van der Waals surface area contributed by atoms with Gasteiger partial charge in [-0.2, -0.15) is 0 Å². The van der Waals surface area contributed by atoms with E-state index in [1.54, 1.807) is 6.07 Å². The van der Waals surface area contributed by atoms with Crippen LogP contribution < -0.4 is 10.0 Å². The molecule has 0 spiro atoms. The maximum atomic E-state index is 12.6. The number of benzene rings is 1. The van der Waals surface area contributed by atoms with Crippen LogP contribution >= 0.6 is 22.9 Å². The number of carbonyl (C=O) groups excluding carboxylic acids is 1. The van der Waals surface area contributed by atoms with Crippen LogP contribution in [0, 0.1) is 15.5 Å². The summed E-state index contributed by atoms with van der Waals surface area (Å²) in [7, 11) is -3.95. The van der Waals surface area contributed by atoms with Crippen molar-refractivity contribution in [2.24, 2.45) is 5.41 Å². The molecule has 0 aliphatic rings. The maximum Gasteiger partial charge on any atom is 0.290 e. The highest BCUT2D eigenvalue weighted by Gasteiger charge is 2.23. The van der Waals surface area contributed by atoms with E-state index < -0.39 is 20.4 Å². The molecule has 2 rings (SSSR count). The molecule has 1 amide bonds. The normalized spacial score (nSPS) is 11.9. The zero-order valence-electron chi connectivity index (χ0n) is 15.5. The molecule has 1 aromatic heterocycles. The van der Waals surface area contributed by atoms with Gasteiger partial charge in [-0.05, 0) is 24.6 Å². The highest BCUT2D eigenvalue weighted by molar-refractivity contribution is 7.94. The molecule has 0 saturated carbocycles. The molecule has 28 heavy (non-hydrogen) atoms. The largest absolute Gasteiger partial charge is 0.355 e. The summed E-state index contributed by atoms with van der Waals surface area (Å²) in [6, 6.07) is 7.00. The number of nitrogens with zero attached hydrogens (tertiary/aromatic N) is 1. The Bertz CT molecular complexity index is 996. The number of nitrogens with one attached hydrogen (secondary N) is 2. The van der Waals surface area contributed by atoms with Crippen LogP contribution in [0.3, 0.4) is 0 Å². The highest BCUT2D eigenvalue weighted by Crippen LogP contribution is 2.33. The Labute approximate surface area is 172 Å². The summed E-state index contributed by atoms with van der Waals surface area (Å²) >= 11 is 6.99. The van der Waals surface area contributed by atoms with Gasteiger partial charge in [0.2, 0.25) is 5.91 Å². The fraction of sp³-hybridized carbons (Fsp3) is 0.353. The van der Waals surface area contributed by atoms with Crippen LogP contribution in [0.4, 0.5) is 11.4 Å². The first-order valence-corrected chi connectivity index (χ1v) is 10.9. The maximum absolute atomic E-state index is 12.6. The molecule has 11 heteroatoms. The van der Waals surface area contributed by atoms with Gasteiger partial charge in [0.1, 0.15) is 9.23 Å². The standard InChI is InChI=1S/C17H20ClN3O5S2/c1-17(2,3)16(22)19-10-9-11-7-8-14(27-11)28(25,26)20-12-5-4-6-13(15(12)18)21(23)24/h4-8,20H,9-10H2,1-3H3,(H,19,22). The number of nitro groups is 1. The van der Waals surface area contributed by atoms with Gasteiger partial charge in [0.25, 0.3) is 15.7 Å². The summed E-state index contributed by atoms with van der Waals surface area (Å²) in [4.78, 5) is 22.9. The van der Waals surface area contributed by atoms with E-state index in [4.69, 9.17) is 11.6 Å². The Morgan fingerprint density at radius 1 is 1.25 bits per heavy atom. The number of anilines is 1. The van der Waals surface area contributed by atoms with Crippen molar-refractivity contribution >= 4 is 50.2 Å². The zero-order chi connectivity index (χ0) is 21.1. The lowest BCUT2D eigenvalue weighted by molar-refractivity contribution is -0.384. The number of hydrogen-bond donors (Lipinski definition) is 2. The first-order valence-electron chi connectivity index (χ1n) is 8.24. The predicted molar refractivity (Wildman–Crippen MR) is 109 cm³/mol. The van der Waals surface area contributed by atoms with Gasteiger partial charge in [-0.1, -0.05) is 38.4 Å². The fourth-order valence-electron chi connectivity index (χ4n) is 2.14. The van der Waals surface area contributed by atoms with Crippen LogP contribution in [0.15, 0.2) is 34.5 Å². The minimum Gasteiger partial charge on any atom is -0.355 e. The molecular formula is C17H20ClN3O5S2. The monoisotopic (exact) mass is 445 g/mol. The summed E-state index contributed by atoms with van der Waals surface area (Å²) in [5.41, 5.74) is -0.947. The van der Waals surface area contributed by atoms with Gasteiger partial charge in [0.15, 0.2) is 0 Å². The second-order valence-electron chi connectivity index (χ2n) is 6.98. The molecule has 1 heterocycles. The van der Waals surface area contributed by atoms with Crippen LogP contribution in [0.1, 0.15) is 25.6 Å². The van der Waals surface area contributed by atoms with Crippen molar-refractivity contribution < 1.29 is 18.1 Å². The summed E-state index contributed by atoms with van der Waals surface area (Å²) in [5.74, 6) is -0.0844. The lowest BCUT2D eigenvalue weighted by Gasteiger charge is -2.17. The summed E-state index contributed by atoms with van der Waals surface area (Å²) in [5, 5.41) is 13.5. The minimum atomic E-state index is -3.95. The molecule has 2 N–H and O–H groups in total. The zero-order valence-corrected chi connectivity index (χ0v) is 17.9. The van der Waals surface area contributed by atoms with Crippen molar-refractivity contribution in [3.05, 3.63) is 50.3 Å². The predicted octanol–water partition coefficient (Wildman–Crippen LogP) is 3.82. The Hall–Kier alpha value is -2.17. The quantitative estimate of drug-likeness (QED) is 0.496. The van der Waals surface area contributed by atoms with Gasteiger partial charge in [0, 0.05) is 22.9 Å². The number of thiophene rings is 1. The highest BCUT2D eigenvalue weighted by atomic mass is 35.5. The van der Waals surface area contributed by atoms with Crippen LogP contribution in [-0.4, -0.2) is 25.8 Å². The number of hydrogen-bond acceptors (Lipinski definition) is 6. The van der Waals surface area contributed by atoms with Crippen molar-refractivity contribution in [2.45, 2.75) is 31.4 Å². The second-order valence-corrected chi connectivity index (χ2v) is 10.4. The van der Waals surface area contributed by atoms with Crippen molar-refractivity contribution in [3.8, 4) is 0 Å². The average Bonchev–Trinajstić information content (AvgIpc) is 3.05. The summed E-state index contributed by atoms with van der Waals surface area (Å²) in [6.07, 6.45) is 0.486. The molecule has 0 unspecified atom stereocenters. The molecule has 1 aromatic carbocycles. The van der Waals surface area contributed by atoms with Gasteiger partial charge in [0.05, 0.1) is 10.6 Å². The van der Waals surface area contributed by atoms with Crippen LogP contribution in [0.25, 0.3) is 0 Å². The van der Waals surface area contributed by atoms with Gasteiger partial charge < -0.3 is 5.32 Å². The molecule has 0 bridgehead atoms. The molecule has 0 fully saturated rings. The number of carbonyl (C=O) groups is 1. The Morgan fingerprint density at radius 2 is 1.93 bits per heavy atom. The first-order chi connectivity index (χ1) is 12.9. The van der Waals surface area contributed by atoms with Gasteiger partial charge in [-0.15, -0.1) is 11.3 Å². The third kappa shape index (κ3) is 5.43. The van der Waals surface area contributed by atoms with Crippen molar-refractivity contribution in [1.29, 1.82) is 0 Å². The number of rotatable bonds is 7. The average molecular weight is 446 g/mol. The lowest BCUT2D eigenvalue weighted by atomic mass is 9.96. The molecular weight excluding hydrogens is 426 g/mol. The number of sulfonamides is 1. The van der Waals surface area contributed by atoms with Crippen molar-refractivity contribution in [1.82, 2.24) is 5.32 Å². The molecule has 0 saturated heterocycles. The van der Waals surface area contributed by atoms with Crippen molar-refractivity contribution in [3.63, 3.8) is 0 Å². The first kappa shape index (κ1) is 22.1. The fourth-order valence-corrected chi connectivity index (χ4v) is 4.86. The van der Waals surface area contributed by atoms with Gasteiger partial charge in [-0.25, -0.2) is 8.42 Å². The second kappa shape index (κ2) is 8.46. The third-order valence-corrected chi connectivity index (χ3v) is 7.06. The number of nitro benzene ring substituents is 1. The summed E-state index contributed by atoms with van der Waals surface area (Å²) < 4.78 is 27.5. The topological polar surface area (TPSA) is 118 Å². The molecule has 2 aromatic rings. The molecule has 0 aliphatic carbocycles. The minimum absolute atomic E-state index is 0.0484. The van der Waals surface area contributed by atoms with E-state index in [0.717, 1.165) is 16.2 Å². The van der Waals surface area contributed by atoms with Crippen LogP contribution in [0.5, 0.6) is 0 Å². The van der Waals surface area contributed by atoms with Gasteiger partial charge in [-0.3, -0.25) is 19.6 Å². The van der Waals surface area contributed by atoms with E-state index in [9.17, 15) is 23.3 Å². The molecule has 0 aliphatic heterocycles. The lowest BCUT2D eigenvalue weighted by Crippen LogP contribution is -2.35. The van der Waals surface area contributed by atoms with E-state index in [0.29, 0.717) is 13.0 Å².